The topological polar surface area (TPSA) is 80.0 Å². The van der Waals surface area contributed by atoms with Crippen LogP contribution >= 0.6 is 23.2 Å². The van der Waals surface area contributed by atoms with Crippen LogP contribution in [0.15, 0.2) is 54.9 Å². The van der Waals surface area contributed by atoms with Gasteiger partial charge in [-0.05, 0) is 36.4 Å². The lowest BCUT2D eigenvalue weighted by Crippen LogP contribution is -2.49. The normalized spacial score (nSPS) is 14.3. The number of piperazine rings is 1. The van der Waals surface area contributed by atoms with E-state index in [0.717, 1.165) is 5.69 Å². The highest BCUT2D eigenvalue weighted by Gasteiger charge is 2.26. The van der Waals surface area contributed by atoms with Crippen LogP contribution in [0.3, 0.4) is 0 Å². The zero-order chi connectivity index (χ0) is 21.4. The highest BCUT2D eigenvalue weighted by Crippen LogP contribution is 2.25. The first-order chi connectivity index (χ1) is 15.1. The van der Waals surface area contributed by atoms with E-state index in [9.17, 15) is 4.79 Å². The summed E-state index contributed by atoms with van der Waals surface area (Å²) in [6.45, 7) is 2.36. The van der Waals surface area contributed by atoms with E-state index in [4.69, 9.17) is 23.2 Å². The van der Waals surface area contributed by atoms with Crippen molar-refractivity contribution < 1.29 is 4.79 Å². The van der Waals surface area contributed by atoms with E-state index in [-0.39, 0.29) is 5.91 Å². The van der Waals surface area contributed by atoms with Crippen LogP contribution in [0.2, 0.25) is 10.0 Å². The Labute approximate surface area is 188 Å². The van der Waals surface area contributed by atoms with Crippen LogP contribution in [-0.4, -0.2) is 61.9 Å². The molecule has 1 aliphatic rings. The first-order valence-electron chi connectivity index (χ1n) is 9.73. The van der Waals surface area contributed by atoms with E-state index in [0.29, 0.717) is 58.8 Å². The highest BCUT2D eigenvalue weighted by atomic mass is 35.5. The van der Waals surface area contributed by atoms with Crippen molar-refractivity contribution in [2.24, 2.45) is 0 Å². The zero-order valence-corrected chi connectivity index (χ0v) is 17.8. The lowest BCUT2D eigenvalue weighted by molar-refractivity contribution is 0.0747. The predicted molar refractivity (Wildman–Crippen MR) is 119 cm³/mol. The molecule has 1 fully saturated rings. The Hall–Kier alpha value is -3.23. The number of anilines is 1. The Balaban J connectivity index is 1.37. The summed E-state index contributed by atoms with van der Waals surface area (Å²) in [5.41, 5.74) is 2.56. The van der Waals surface area contributed by atoms with Crippen LogP contribution in [0.5, 0.6) is 0 Å². The third-order valence-corrected chi connectivity index (χ3v) is 5.84. The number of hydrogen-bond acceptors (Lipinski definition) is 6. The molecule has 1 saturated heterocycles. The number of carbonyl (C=O) groups is 1. The summed E-state index contributed by atoms with van der Waals surface area (Å²) in [6.07, 6.45) is 1.51. The fraction of sp³-hybridized carbons (Fsp3) is 0.190. The summed E-state index contributed by atoms with van der Waals surface area (Å²) in [4.78, 5) is 25.6. The molecule has 4 aromatic rings. The minimum absolute atomic E-state index is 0.0632. The standard InChI is InChI=1S/C21H17Cl2N7O/c22-14-5-7-15(8-6-14)30-20-18(26-27-30)19(24-13-25-20)28-9-11-29(12-10-28)21(31)16-3-1-2-4-17(16)23/h1-8,13H,9-12H2. The Morgan fingerprint density at radius 2 is 1.65 bits per heavy atom. The van der Waals surface area contributed by atoms with Crippen molar-refractivity contribution in [2.45, 2.75) is 0 Å². The first-order valence-corrected chi connectivity index (χ1v) is 10.5. The van der Waals surface area contributed by atoms with Gasteiger partial charge in [-0.1, -0.05) is 40.5 Å². The van der Waals surface area contributed by atoms with Crippen molar-refractivity contribution in [3.8, 4) is 5.69 Å². The predicted octanol–water partition coefficient (Wildman–Crippen LogP) is 3.48. The number of rotatable bonds is 3. The Morgan fingerprint density at radius 3 is 2.39 bits per heavy atom. The lowest BCUT2D eigenvalue weighted by Gasteiger charge is -2.35. The molecule has 156 valence electrons. The van der Waals surface area contributed by atoms with Gasteiger partial charge in [0.1, 0.15) is 6.33 Å². The Bertz CT molecular complexity index is 1250. The molecular formula is C21H17Cl2N7O. The molecular weight excluding hydrogens is 437 g/mol. The smallest absolute Gasteiger partial charge is 0.255 e. The minimum Gasteiger partial charge on any atom is -0.351 e. The molecule has 0 N–H and O–H groups in total. The summed E-state index contributed by atoms with van der Waals surface area (Å²) in [5.74, 6) is 0.641. The van der Waals surface area contributed by atoms with Crippen molar-refractivity contribution in [1.29, 1.82) is 0 Å². The maximum Gasteiger partial charge on any atom is 0.255 e. The average Bonchev–Trinajstić information content (AvgIpc) is 3.24. The van der Waals surface area contributed by atoms with Crippen LogP contribution in [0.25, 0.3) is 16.9 Å². The zero-order valence-electron chi connectivity index (χ0n) is 16.3. The summed E-state index contributed by atoms with van der Waals surface area (Å²) in [5, 5.41) is 9.69. The van der Waals surface area contributed by atoms with Crippen molar-refractivity contribution in [3.05, 3.63) is 70.5 Å². The molecule has 0 bridgehead atoms. The van der Waals surface area contributed by atoms with Gasteiger partial charge >= 0.3 is 0 Å². The van der Waals surface area contributed by atoms with E-state index in [1.54, 1.807) is 33.8 Å². The summed E-state index contributed by atoms with van der Waals surface area (Å²) < 4.78 is 1.66. The number of fused-ring (bicyclic) bond motifs is 1. The Kier molecular flexibility index (Phi) is 5.17. The summed E-state index contributed by atoms with van der Waals surface area (Å²) in [7, 11) is 0. The van der Waals surface area contributed by atoms with E-state index < -0.39 is 0 Å². The molecule has 2 aromatic carbocycles. The molecule has 0 spiro atoms. The highest BCUT2D eigenvalue weighted by molar-refractivity contribution is 6.33. The van der Waals surface area contributed by atoms with Gasteiger partial charge in [0, 0.05) is 31.2 Å². The van der Waals surface area contributed by atoms with Gasteiger partial charge in [0.2, 0.25) is 0 Å². The van der Waals surface area contributed by atoms with Gasteiger partial charge in [-0.15, -0.1) is 5.10 Å². The molecule has 1 amide bonds. The monoisotopic (exact) mass is 453 g/mol. The second-order valence-electron chi connectivity index (χ2n) is 7.11. The quantitative estimate of drug-likeness (QED) is 0.472. The molecule has 0 saturated carbocycles. The van der Waals surface area contributed by atoms with Crippen LogP contribution in [-0.2, 0) is 0 Å². The van der Waals surface area contributed by atoms with Gasteiger partial charge in [-0.2, -0.15) is 4.68 Å². The van der Waals surface area contributed by atoms with Gasteiger partial charge in [0.05, 0.1) is 16.3 Å². The Morgan fingerprint density at radius 1 is 0.903 bits per heavy atom. The van der Waals surface area contributed by atoms with Crippen molar-refractivity contribution >= 4 is 46.1 Å². The van der Waals surface area contributed by atoms with Crippen molar-refractivity contribution in [3.63, 3.8) is 0 Å². The second-order valence-corrected chi connectivity index (χ2v) is 7.95. The second kappa shape index (κ2) is 8.13. The number of halogens is 2. The first kappa shape index (κ1) is 19.7. The maximum atomic E-state index is 12.8. The number of benzene rings is 2. The van der Waals surface area contributed by atoms with Gasteiger partial charge in [-0.25, -0.2) is 9.97 Å². The molecule has 31 heavy (non-hydrogen) atoms. The molecule has 5 rings (SSSR count). The molecule has 1 aliphatic heterocycles. The minimum atomic E-state index is -0.0632. The van der Waals surface area contributed by atoms with Gasteiger partial charge in [-0.3, -0.25) is 4.79 Å². The fourth-order valence-corrected chi connectivity index (χ4v) is 3.99. The summed E-state index contributed by atoms with van der Waals surface area (Å²) >= 11 is 12.2. The average molecular weight is 454 g/mol. The molecule has 8 nitrogen and oxygen atoms in total. The maximum absolute atomic E-state index is 12.8. The molecule has 0 aliphatic carbocycles. The van der Waals surface area contributed by atoms with Crippen LogP contribution in [0, 0.1) is 0 Å². The molecule has 3 heterocycles. The SMILES string of the molecule is O=C(c1ccccc1Cl)N1CCN(c2ncnc3c2nnn3-c2ccc(Cl)cc2)CC1. The number of aromatic nitrogens is 5. The number of amides is 1. The number of carbonyl (C=O) groups excluding carboxylic acids is 1. The van der Waals surface area contributed by atoms with E-state index in [2.05, 4.69) is 25.2 Å². The molecule has 0 atom stereocenters. The lowest BCUT2D eigenvalue weighted by atomic mass is 10.2. The largest absolute Gasteiger partial charge is 0.351 e. The summed E-state index contributed by atoms with van der Waals surface area (Å²) in [6, 6.07) is 14.4. The van der Waals surface area contributed by atoms with Gasteiger partial charge < -0.3 is 9.80 Å². The van der Waals surface area contributed by atoms with Crippen molar-refractivity contribution in [1.82, 2.24) is 29.9 Å². The van der Waals surface area contributed by atoms with E-state index in [1.165, 1.54) is 6.33 Å². The van der Waals surface area contributed by atoms with Crippen LogP contribution < -0.4 is 4.90 Å². The van der Waals surface area contributed by atoms with Crippen LogP contribution in [0.1, 0.15) is 10.4 Å². The molecule has 10 heteroatoms. The fourth-order valence-electron chi connectivity index (χ4n) is 3.65. The third-order valence-electron chi connectivity index (χ3n) is 5.26. The van der Waals surface area contributed by atoms with Crippen molar-refractivity contribution in [2.75, 3.05) is 31.1 Å². The van der Waals surface area contributed by atoms with E-state index in [1.807, 2.05) is 24.3 Å². The molecule has 0 radical (unpaired) electrons. The number of nitrogens with zero attached hydrogens (tertiary/aromatic N) is 7. The van der Waals surface area contributed by atoms with Crippen LogP contribution in [0.4, 0.5) is 5.82 Å². The van der Waals surface area contributed by atoms with E-state index >= 15 is 0 Å². The number of hydrogen-bond donors (Lipinski definition) is 0. The molecule has 2 aromatic heterocycles. The van der Waals surface area contributed by atoms with Gasteiger partial charge in [0.15, 0.2) is 17.0 Å². The third kappa shape index (κ3) is 3.68. The van der Waals surface area contributed by atoms with Gasteiger partial charge in [0.25, 0.3) is 5.91 Å². The molecule has 0 unspecified atom stereocenters.